The monoisotopic (exact) mass is 526 g/mol. The SMILES string of the molecule is CC(C)(C)OC(=O)N(CCF)Cc1ccc(-c2nnc(-c3ccc(COC(=O)NCCO)cc3)nn2)cc1. The lowest BCUT2D eigenvalue weighted by Crippen LogP contribution is -2.37. The highest BCUT2D eigenvalue weighted by atomic mass is 19.1. The van der Waals surface area contributed by atoms with Crippen LogP contribution in [-0.2, 0) is 22.6 Å². The molecule has 0 aliphatic carbocycles. The second-order valence-corrected chi connectivity index (χ2v) is 9.26. The Hall–Kier alpha value is -4.19. The van der Waals surface area contributed by atoms with Crippen molar-refractivity contribution >= 4 is 12.2 Å². The molecule has 1 aromatic heterocycles. The number of aromatic nitrogens is 4. The highest BCUT2D eigenvalue weighted by Gasteiger charge is 2.22. The number of amides is 2. The largest absolute Gasteiger partial charge is 0.445 e. The van der Waals surface area contributed by atoms with E-state index in [1.165, 1.54) is 4.90 Å². The first kappa shape index (κ1) is 28.4. The molecule has 2 amide bonds. The van der Waals surface area contributed by atoms with Crippen LogP contribution in [-0.4, -0.2) is 74.6 Å². The number of hydrogen-bond acceptors (Lipinski definition) is 9. The minimum absolute atomic E-state index is 0.0664. The molecule has 11 nitrogen and oxygen atoms in total. The molecule has 0 aliphatic heterocycles. The lowest BCUT2D eigenvalue weighted by molar-refractivity contribution is 0.0222. The third-order valence-electron chi connectivity index (χ3n) is 5.03. The molecule has 12 heteroatoms. The van der Waals surface area contributed by atoms with Gasteiger partial charge in [-0.1, -0.05) is 48.5 Å². The van der Waals surface area contributed by atoms with Crippen LogP contribution in [0.4, 0.5) is 14.0 Å². The molecule has 0 atom stereocenters. The maximum atomic E-state index is 13.0. The molecule has 0 unspecified atom stereocenters. The van der Waals surface area contributed by atoms with E-state index >= 15 is 0 Å². The third kappa shape index (κ3) is 8.73. The Labute approximate surface area is 220 Å². The van der Waals surface area contributed by atoms with E-state index in [1.54, 1.807) is 69.3 Å². The Morgan fingerprint density at radius 3 is 1.92 bits per heavy atom. The number of aliphatic hydroxyl groups excluding tert-OH is 1. The summed E-state index contributed by atoms with van der Waals surface area (Å²) in [6.45, 7) is 4.78. The Kier molecular flexibility index (Phi) is 9.99. The molecule has 0 fully saturated rings. The standard InChI is InChI=1S/C26H31FN6O5/c1-26(2,3)38-25(36)33(14-12-27)16-18-4-8-20(9-5-18)22-29-31-23(32-30-22)21-10-6-19(7-11-21)17-37-24(35)28-13-15-34/h4-11,34H,12-17H2,1-3H3,(H,28,35). The van der Waals surface area contributed by atoms with Crippen LogP contribution >= 0.6 is 0 Å². The fourth-order valence-electron chi connectivity index (χ4n) is 3.21. The molecule has 0 spiro atoms. The molecule has 0 aliphatic rings. The van der Waals surface area contributed by atoms with Crippen molar-refractivity contribution in [2.24, 2.45) is 0 Å². The maximum Gasteiger partial charge on any atom is 0.410 e. The summed E-state index contributed by atoms with van der Waals surface area (Å²) in [5.74, 6) is 0.657. The summed E-state index contributed by atoms with van der Waals surface area (Å²) in [4.78, 5) is 25.2. The Balaban J connectivity index is 1.60. The fourth-order valence-corrected chi connectivity index (χ4v) is 3.21. The summed E-state index contributed by atoms with van der Waals surface area (Å²) >= 11 is 0. The number of nitrogens with one attached hydrogen (secondary N) is 1. The van der Waals surface area contributed by atoms with Crippen molar-refractivity contribution in [3.8, 4) is 22.8 Å². The van der Waals surface area contributed by atoms with E-state index in [-0.39, 0.29) is 32.8 Å². The molecule has 2 N–H and O–H groups in total. The zero-order valence-electron chi connectivity index (χ0n) is 21.6. The average Bonchev–Trinajstić information content (AvgIpc) is 2.90. The van der Waals surface area contributed by atoms with Crippen molar-refractivity contribution in [2.45, 2.75) is 39.5 Å². The number of carbonyl (C=O) groups is 2. The number of benzene rings is 2. The quantitative estimate of drug-likeness (QED) is 0.406. The molecule has 0 saturated carbocycles. The van der Waals surface area contributed by atoms with Crippen molar-refractivity contribution in [3.05, 3.63) is 59.7 Å². The van der Waals surface area contributed by atoms with Gasteiger partial charge in [-0.05, 0) is 31.9 Å². The summed E-state index contributed by atoms with van der Waals surface area (Å²) in [6, 6.07) is 14.2. The predicted octanol–water partition coefficient (Wildman–Crippen LogP) is 3.53. The molecular weight excluding hydrogens is 495 g/mol. The molecule has 0 saturated heterocycles. The normalized spacial score (nSPS) is 11.1. The molecule has 0 radical (unpaired) electrons. The van der Waals surface area contributed by atoms with Crippen LogP contribution in [0, 0.1) is 0 Å². The first-order valence-electron chi connectivity index (χ1n) is 12.0. The molecule has 3 aromatic rings. The van der Waals surface area contributed by atoms with Gasteiger partial charge in [0.15, 0.2) is 0 Å². The maximum absolute atomic E-state index is 13.0. The van der Waals surface area contributed by atoms with Gasteiger partial charge in [-0.25, -0.2) is 14.0 Å². The molecule has 3 rings (SSSR count). The number of alkyl carbamates (subject to hydrolysis) is 1. The summed E-state index contributed by atoms with van der Waals surface area (Å²) < 4.78 is 23.4. The summed E-state index contributed by atoms with van der Waals surface area (Å²) in [5, 5.41) is 27.8. The number of aliphatic hydroxyl groups is 1. The first-order chi connectivity index (χ1) is 18.2. The smallest absolute Gasteiger partial charge is 0.410 e. The molecule has 1 heterocycles. The first-order valence-corrected chi connectivity index (χ1v) is 12.0. The number of halogens is 1. The summed E-state index contributed by atoms with van der Waals surface area (Å²) in [5.41, 5.74) is 2.26. The molecule has 2 aromatic carbocycles. The highest BCUT2D eigenvalue weighted by molar-refractivity contribution is 5.68. The van der Waals surface area contributed by atoms with Gasteiger partial charge in [0.25, 0.3) is 0 Å². The number of alkyl halides is 1. The van der Waals surface area contributed by atoms with Crippen LogP contribution in [0.5, 0.6) is 0 Å². The van der Waals surface area contributed by atoms with E-state index in [0.29, 0.717) is 22.8 Å². The minimum Gasteiger partial charge on any atom is -0.445 e. The zero-order valence-corrected chi connectivity index (χ0v) is 21.6. The van der Waals surface area contributed by atoms with E-state index in [4.69, 9.17) is 14.6 Å². The van der Waals surface area contributed by atoms with Crippen LogP contribution < -0.4 is 5.32 Å². The van der Waals surface area contributed by atoms with Gasteiger partial charge in [0, 0.05) is 24.2 Å². The van der Waals surface area contributed by atoms with Crippen molar-refractivity contribution < 1.29 is 28.6 Å². The van der Waals surface area contributed by atoms with Crippen LogP contribution in [0.3, 0.4) is 0 Å². The van der Waals surface area contributed by atoms with Gasteiger partial charge in [0.1, 0.15) is 18.9 Å². The summed E-state index contributed by atoms with van der Waals surface area (Å²) in [7, 11) is 0. The molecule has 38 heavy (non-hydrogen) atoms. The molecule has 0 bridgehead atoms. The van der Waals surface area contributed by atoms with E-state index < -0.39 is 24.5 Å². The summed E-state index contributed by atoms with van der Waals surface area (Å²) in [6.07, 6.45) is -1.18. The number of ether oxygens (including phenoxy) is 2. The van der Waals surface area contributed by atoms with E-state index in [2.05, 4.69) is 25.7 Å². The highest BCUT2D eigenvalue weighted by Crippen LogP contribution is 2.19. The topological polar surface area (TPSA) is 140 Å². The van der Waals surface area contributed by atoms with Crippen molar-refractivity contribution in [3.63, 3.8) is 0 Å². The van der Waals surface area contributed by atoms with Gasteiger partial charge in [0.05, 0.1) is 13.2 Å². The van der Waals surface area contributed by atoms with E-state index in [0.717, 1.165) is 11.1 Å². The Bertz CT molecular complexity index is 1180. The number of hydrogen-bond donors (Lipinski definition) is 2. The average molecular weight is 527 g/mol. The Morgan fingerprint density at radius 2 is 1.45 bits per heavy atom. The number of rotatable bonds is 10. The Morgan fingerprint density at radius 1 is 0.921 bits per heavy atom. The fraction of sp³-hybridized carbons (Fsp3) is 0.385. The van der Waals surface area contributed by atoms with Gasteiger partial charge in [-0.15, -0.1) is 20.4 Å². The van der Waals surface area contributed by atoms with Gasteiger partial charge in [-0.3, -0.25) is 0 Å². The van der Waals surface area contributed by atoms with Gasteiger partial charge in [-0.2, -0.15) is 0 Å². The van der Waals surface area contributed by atoms with E-state index in [1.807, 2.05) is 0 Å². The van der Waals surface area contributed by atoms with Gasteiger partial charge in [0.2, 0.25) is 11.6 Å². The molecular formula is C26H31FN6O5. The van der Waals surface area contributed by atoms with Crippen LogP contribution in [0.15, 0.2) is 48.5 Å². The lowest BCUT2D eigenvalue weighted by Gasteiger charge is -2.26. The van der Waals surface area contributed by atoms with Crippen LogP contribution in [0.2, 0.25) is 0 Å². The third-order valence-corrected chi connectivity index (χ3v) is 5.03. The number of nitrogens with zero attached hydrogens (tertiary/aromatic N) is 5. The zero-order chi connectivity index (χ0) is 27.5. The molecule has 202 valence electrons. The van der Waals surface area contributed by atoms with Crippen LogP contribution in [0.1, 0.15) is 31.9 Å². The second-order valence-electron chi connectivity index (χ2n) is 9.26. The van der Waals surface area contributed by atoms with Gasteiger partial charge < -0.3 is 24.8 Å². The predicted molar refractivity (Wildman–Crippen MR) is 136 cm³/mol. The van der Waals surface area contributed by atoms with Gasteiger partial charge >= 0.3 is 12.2 Å². The minimum atomic E-state index is -0.673. The van der Waals surface area contributed by atoms with Crippen molar-refractivity contribution in [2.75, 3.05) is 26.4 Å². The lowest BCUT2D eigenvalue weighted by atomic mass is 10.1. The van der Waals surface area contributed by atoms with Crippen molar-refractivity contribution in [1.29, 1.82) is 0 Å². The van der Waals surface area contributed by atoms with Crippen molar-refractivity contribution in [1.82, 2.24) is 30.6 Å². The van der Waals surface area contributed by atoms with E-state index in [9.17, 15) is 14.0 Å². The second kappa shape index (κ2) is 13.4. The van der Waals surface area contributed by atoms with Crippen LogP contribution in [0.25, 0.3) is 22.8 Å². The number of carbonyl (C=O) groups excluding carboxylic acids is 2.